The first-order valence-electron chi connectivity index (χ1n) is 4.04. The first-order chi connectivity index (χ1) is 5.34. The van der Waals surface area contributed by atoms with Gasteiger partial charge >= 0.3 is 0 Å². The third-order valence-electron chi connectivity index (χ3n) is 1.88. The number of nitrogens with one attached hydrogen (secondary N) is 1. The van der Waals surface area contributed by atoms with Gasteiger partial charge < -0.3 is 5.32 Å². The van der Waals surface area contributed by atoms with Gasteiger partial charge in [0.2, 0.25) is 0 Å². The molecule has 0 saturated carbocycles. The standard InChI is InChI=1S/C10H15N.H2/c1-9(8-11-2)10-6-4-3-5-7-10;/h3-7,9,11H,8H2,1-2H3;1H. The van der Waals surface area contributed by atoms with Crippen LogP contribution in [0.25, 0.3) is 0 Å². The molecule has 1 heteroatoms. The Hall–Kier alpha value is -0.820. The Morgan fingerprint density at radius 2 is 2.00 bits per heavy atom. The van der Waals surface area contributed by atoms with E-state index in [1.165, 1.54) is 5.56 Å². The maximum atomic E-state index is 3.17. The second kappa shape index (κ2) is 4.14. The normalized spacial score (nSPS) is 12.9. The molecule has 1 N–H and O–H groups in total. The van der Waals surface area contributed by atoms with Gasteiger partial charge in [0, 0.05) is 7.97 Å². The lowest BCUT2D eigenvalue weighted by Crippen LogP contribution is -2.14. The van der Waals surface area contributed by atoms with Crippen LogP contribution in [0, 0.1) is 0 Å². The van der Waals surface area contributed by atoms with Crippen molar-refractivity contribution in [3.8, 4) is 0 Å². The van der Waals surface area contributed by atoms with Crippen molar-refractivity contribution >= 4 is 0 Å². The van der Waals surface area contributed by atoms with Crippen LogP contribution in [-0.2, 0) is 0 Å². The van der Waals surface area contributed by atoms with Crippen molar-refractivity contribution < 1.29 is 1.43 Å². The van der Waals surface area contributed by atoms with Crippen molar-refractivity contribution in [3.05, 3.63) is 35.9 Å². The molecule has 1 unspecified atom stereocenters. The molecule has 0 bridgehead atoms. The molecule has 0 fully saturated rings. The van der Waals surface area contributed by atoms with E-state index >= 15 is 0 Å². The fourth-order valence-electron chi connectivity index (χ4n) is 1.21. The van der Waals surface area contributed by atoms with E-state index in [9.17, 15) is 0 Å². The summed E-state index contributed by atoms with van der Waals surface area (Å²) in [5, 5.41) is 3.17. The van der Waals surface area contributed by atoms with Crippen LogP contribution in [0.15, 0.2) is 30.3 Å². The van der Waals surface area contributed by atoms with Crippen LogP contribution in [0.5, 0.6) is 0 Å². The highest BCUT2D eigenvalue weighted by atomic mass is 14.8. The molecule has 1 aromatic carbocycles. The van der Waals surface area contributed by atoms with Crippen LogP contribution in [0.4, 0.5) is 0 Å². The predicted molar refractivity (Wildman–Crippen MR) is 50.9 cm³/mol. The summed E-state index contributed by atoms with van der Waals surface area (Å²) in [6, 6.07) is 10.6. The molecule has 1 aromatic rings. The fraction of sp³-hybridized carbons (Fsp3) is 0.400. The quantitative estimate of drug-likeness (QED) is 0.698. The molecular weight excluding hydrogens is 134 g/mol. The van der Waals surface area contributed by atoms with Gasteiger partial charge in [-0.3, -0.25) is 0 Å². The van der Waals surface area contributed by atoms with Gasteiger partial charge in [-0.2, -0.15) is 0 Å². The minimum absolute atomic E-state index is 0. The third kappa shape index (κ3) is 2.35. The van der Waals surface area contributed by atoms with Crippen LogP contribution in [0.3, 0.4) is 0 Å². The molecule has 1 rings (SSSR count). The molecule has 1 atom stereocenters. The summed E-state index contributed by atoms with van der Waals surface area (Å²) in [5.41, 5.74) is 1.40. The molecule has 0 saturated heterocycles. The smallest absolute Gasteiger partial charge is 0.00144 e. The van der Waals surface area contributed by atoms with Gasteiger partial charge in [0.25, 0.3) is 0 Å². The van der Waals surface area contributed by atoms with E-state index in [-0.39, 0.29) is 1.43 Å². The molecular formula is C10H17N. The summed E-state index contributed by atoms with van der Waals surface area (Å²) in [6.45, 7) is 3.27. The molecule has 0 aliphatic rings. The van der Waals surface area contributed by atoms with Crippen LogP contribution < -0.4 is 5.32 Å². The first kappa shape index (κ1) is 8.28. The maximum absolute atomic E-state index is 3.17. The summed E-state index contributed by atoms with van der Waals surface area (Å²) in [5.74, 6) is 0.612. The first-order valence-corrected chi connectivity index (χ1v) is 4.04. The second-order valence-corrected chi connectivity index (χ2v) is 2.87. The Kier molecular flexibility index (Phi) is 3.12. The molecule has 0 aliphatic carbocycles. The van der Waals surface area contributed by atoms with Crippen LogP contribution in [0.2, 0.25) is 0 Å². The average molecular weight is 151 g/mol. The van der Waals surface area contributed by atoms with Gasteiger partial charge in [0.15, 0.2) is 0 Å². The van der Waals surface area contributed by atoms with Gasteiger partial charge in [-0.25, -0.2) is 0 Å². The van der Waals surface area contributed by atoms with E-state index in [0.717, 1.165) is 6.54 Å². The van der Waals surface area contributed by atoms with Crippen molar-refractivity contribution in [1.82, 2.24) is 5.32 Å². The van der Waals surface area contributed by atoms with E-state index in [0.29, 0.717) is 5.92 Å². The van der Waals surface area contributed by atoms with Gasteiger partial charge in [-0.1, -0.05) is 37.3 Å². The van der Waals surface area contributed by atoms with Gasteiger partial charge in [0.1, 0.15) is 0 Å². The molecule has 11 heavy (non-hydrogen) atoms. The molecule has 0 aliphatic heterocycles. The number of benzene rings is 1. The average Bonchev–Trinajstić information content (AvgIpc) is 2.07. The third-order valence-corrected chi connectivity index (χ3v) is 1.88. The molecule has 0 aromatic heterocycles. The minimum Gasteiger partial charge on any atom is -0.319 e. The van der Waals surface area contributed by atoms with Crippen molar-refractivity contribution in [1.29, 1.82) is 0 Å². The van der Waals surface area contributed by atoms with Gasteiger partial charge in [-0.15, -0.1) is 0 Å². The van der Waals surface area contributed by atoms with Crippen molar-refractivity contribution in [2.24, 2.45) is 0 Å². The van der Waals surface area contributed by atoms with Gasteiger partial charge in [-0.05, 0) is 18.5 Å². The summed E-state index contributed by atoms with van der Waals surface area (Å²) >= 11 is 0. The van der Waals surface area contributed by atoms with E-state index in [4.69, 9.17) is 0 Å². The molecule has 0 amide bonds. The summed E-state index contributed by atoms with van der Waals surface area (Å²) in [4.78, 5) is 0. The molecule has 0 heterocycles. The number of rotatable bonds is 3. The molecule has 1 nitrogen and oxygen atoms in total. The zero-order valence-corrected chi connectivity index (χ0v) is 7.17. The maximum Gasteiger partial charge on any atom is 0.00144 e. The molecule has 0 radical (unpaired) electrons. The minimum atomic E-state index is 0. The Labute approximate surface area is 69.9 Å². The Balaban J connectivity index is 0.00000121. The second-order valence-electron chi connectivity index (χ2n) is 2.87. The highest BCUT2D eigenvalue weighted by Gasteiger charge is 2.01. The Morgan fingerprint density at radius 3 is 2.55 bits per heavy atom. The lowest BCUT2D eigenvalue weighted by Gasteiger charge is -2.09. The van der Waals surface area contributed by atoms with E-state index in [1.807, 2.05) is 7.05 Å². The van der Waals surface area contributed by atoms with Crippen LogP contribution in [-0.4, -0.2) is 13.6 Å². The van der Waals surface area contributed by atoms with Crippen LogP contribution in [0.1, 0.15) is 19.8 Å². The van der Waals surface area contributed by atoms with Crippen LogP contribution >= 0.6 is 0 Å². The number of likely N-dealkylation sites (N-methyl/N-ethyl adjacent to an activating group) is 1. The monoisotopic (exact) mass is 151 g/mol. The summed E-state index contributed by atoms with van der Waals surface area (Å²) in [6.07, 6.45) is 0. The molecule has 0 spiro atoms. The highest BCUT2D eigenvalue weighted by Crippen LogP contribution is 2.12. The van der Waals surface area contributed by atoms with Crippen molar-refractivity contribution in [2.45, 2.75) is 12.8 Å². The lowest BCUT2D eigenvalue weighted by atomic mass is 10.0. The topological polar surface area (TPSA) is 12.0 Å². The van der Waals surface area contributed by atoms with E-state index < -0.39 is 0 Å². The highest BCUT2D eigenvalue weighted by molar-refractivity contribution is 5.18. The Morgan fingerprint density at radius 1 is 1.36 bits per heavy atom. The predicted octanol–water partition coefficient (Wildman–Crippen LogP) is 2.26. The van der Waals surface area contributed by atoms with Crippen molar-refractivity contribution in [2.75, 3.05) is 13.6 Å². The largest absolute Gasteiger partial charge is 0.319 e. The fourth-order valence-corrected chi connectivity index (χ4v) is 1.21. The van der Waals surface area contributed by atoms with E-state index in [1.54, 1.807) is 0 Å². The Bertz CT molecular complexity index is 198. The summed E-state index contributed by atoms with van der Waals surface area (Å²) < 4.78 is 0. The van der Waals surface area contributed by atoms with Crippen molar-refractivity contribution in [3.63, 3.8) is 0 Å². The zero-order valence-electron chi connectivity index (χ0n) is 7.17. The zero-order chi connectivity index (χ0) is 8.10. The SMILES string of the molecule is CNCC(C)c1ccccc1.[HH]. The van der Waals surface area contributed by atoms with Gasteiger partial charge in [0.05, 0.1) is 0 Å². The summed E-state index contributed by atoms with van der Waals surface area (Å²) in [7, 11) is 1.99. The molecule has 62 valence electrons. The van der Waals surface area contributed by atoms with E-state index in [2.05, 4.69) is 42.6 Å². The number of hydrogen-bond donors (Lipinski definition) is 1. The lowest BCUT2D eigenvalue weighted by molar-refractivity contribution is 0.678. The number of hydrogen-bond acceptors (Lipinski definition) is 1.